The van der Waals surface area contributed by atoms with Gasteiger partial charge in [0.25, 0.3) is 5.56 Å². The topological polar surface area (TPSA) is 109 Å². The van der Waals surface area contributed by atoms with Gasteiger partial charge in [-0.2, -0.15) is 19.7 Å². The van der Waals surface area contributed by atoms with E-state index in [0.29, 0.717) is 52.3 Å². The summed E-state index contributed by atoms with van der Waals surface area (Å²) in [5, 5.41) is 20.5. The Morgan fingerprint density at radius 1 is 1.16 bits per heavy atom. The summed E-state index contributed by atoms with van der Waals surface area (Å²) in [6, 6.07) is 6.84. The summed E-state index contributed by atoms with van der Waals surface area (Å²) in [5.41, 5.74) is 0.510. The van der Waals surface area contributed by atoms with Crippen LogP contribution in [0.1, 0.15) is 51.0 Å². The molecule has 5 saturated heterocycles. The lowest BCUT2D eigenvalue weighted by Crippen LogP contribution is -2.61. The monoisotopic (exact) mass is 585 g/mol. The van der Waals surface area contributed by atoms with E-state index in [-0.39, 0.29) is 34.7 Å². The molecule has 2 N–H and O–H groups in total. The molecule has 5 aliphatic rings. The van der Waals surface area contributed by atoms with Crippen molar-refractivity contribution in [2.24, 2.45) is 0 Å². The molecule has 4 aromatic rings. The summed E-state index contributed by atoms with van der Waals surface area (Å²) < 4.78 is 22.6. The Hall–Kier alpha value is -3.83. The number of aromatic nitrogens is 4. The van der Waals surface area contributed by atoms with Gasteiger partial charge >= 0.3 is 6.01 Å². The number of halogens is 1. The van der Waals surface area contributed by atoms with Crippen molar-refractivity contribution in [3.05, 3.63) is 52.2 Å². The molecule has 2 atom stereocenters. The lowest BCUT2D eigenvalue weighted by molar-refractivity contribution is 0.108. The Morgan fingerprint density at radius 3 is 2.72 bits per heavy atom. The number of anilines is 1. The summed E-state index contributed by atoms with van der Waals surface area (Å²) in [7, 11) is 0. The van der Waals surface area contributed by atoms with Gasteiger partial charge in [-0.1, -0.05) is 13.0 Å². The van der Waals surface area contributed by atoms with Crippen LogP contribution in [0.5, 0.6) is 11.8 Å². The second-order valence-electron chi connectivity index (χ2n) is 12.6. The number of nitrogens with one attached hydrogen (secondary N) is 1. The third-order valence-electron chi connectivity index (χ3n) is 10.2. The predicted molar refractivity (Wildman–Crippen MR) is 162 cm³/mol. The van der Waals surface area contributed by atoms with Gasteiger partial charge in [0.05, 0.1) is 22.8 Å². The van der Waals surface area contributed by atoms with Crippen LogP contribution in [0.25, 0.3) is 27.4 Å². The molecule has 224 valence electrons. The number of rotatable bonds is 6. The summed E-state index contributed by atoms with van der Waals surface area (Å²) in [5.74, 6) is 0.268. The third kappa shape index (κ3) is 4.27. The van der Waals surface area contributed by atoms with Crippen LogP contribution in [0.2, 0.25) is 0 Å². The largest absolute Gasteiger partial charge is 0.508 e. The lowest BCUT2D eigenvalue weighted by Gasteiger charge is -2.46. The lowest BCUT2D eigenvalue weighted by atomic mass is 9.93. The van der Waals surface area contributed by atoms with Gasteiger partial charge < -0.3 is 20.1 Å². The van der Waals surface area contributed by atoms with Crippen molar-refractivity contribution in [1.29, 1.82) is 0 Å². The predicted octanol–water partition coefficient (Wildman–Crippen LogP) is 3.68. The number of aromatic hydroxyl groups is 1. The van der Waals surface area contributed by atoms with Gasteiger partial charge in [-0.3, -0.25) is 9.69 Å². The first kappa shape index (κ1) is 26.8. The molecule has 5 fully saturated rings. The first-order valence-electron chi connectivity index (χ1n) is 15.6. The zero-order valence-corrected chi connectivity index (χ0v) is 24.4. The Kier molecular flexibility index (Phi) is 6.30. The zero-order chi connectivity index (χ0) is 29.3. The van der Waals surface area contributed by atoms with Crippen molar-refractivity contribution in [2.45, 2.75) is 69.5 Å². The van der Waals surface area contributed by atoms with Gasteiger partial charge in [0, 0.05) is 36.6 Å². The van der Waals surface area contributed by atoms with Crippen LogP contribution >= 0.6 is 0 Å². The fraction of sp³-hybridized carbons (Fsp3) is 0.500. The molecule has 2 bridgehead atoms. The van der Waals surface area contributed by atoms with Crippen molar-refractivity contribution >= 4 is 27.5 Å². The number of phenolic OH excluding ortho intramolecular Hbond substituents is 1. The minimum absolute atomic E-state index is 0.00610. The highest BCUT2D eigenvalue weighted by molar-refractivity contribution is 5.95. The molecule has 43 heavy (non-hydrogen) atoms. The van der Waals surface area contributed by atoms with E-state index in [2.05, 4.69) is 20.2 Å². The fourth-order valence-corrected chi connectivity index (χ4v) is 8.06. The number of phenols is 1. The highest BCUT2D eigenvalue weighted by atomic mass is 19.1. The molecule has 10 nitrogen and oxygen atoms in total. The van der Waals surface area contributed by atoms with E-state index < -0.39 is 5.56 Å². The second-order valence-corrected chi connectivity index (χ2v) is 12.6. The molecular weight excluding hydrogens is 549 g/mol. The first-order chi connectivity index (χ1) is 20.9. The van der Waals surface area contributed by atoms with E-state index in [1.807, 2.05) is 6.92 Å². The van der Waals surface area contributed by atoms with Gasteiger partial charge in [0.15, 0.2) is 0 Å². The molecule has 0 amide bonds. The molecule has 0 aliphatic carbocycles. The summed E-state index contributed by atoms with van der Waals surface area (Å²) in [4.78, 5) is 28.7. The van der Waals surface area contributed by atoms with Gasteiger partial charge in [-0.25, -0.2) is 4.39 Å². The Balaban J connectivity index is 1.29. The first-order valence-corrected chi connectivity index (χ1v) is 15.6. The smallest absolute Gasteiger partial charge is 0.319 e. The van der Waals surface area contributed by atoms with Crippen LogP contribution in [0.3, 0.4) is 0 Å². The van der Waals surface area contributed by atoms with Crippen molar-refractivity contribution in [3.63, 3.8) is 0 Å². The molecule has 0 saturated carbocycles. The van der Waals surface area contributed by atoms with Crippen molar-refractivity contribution in [3.8, 4) is 17.4 Å². The molecule has 11 heteroatoms. The number of ether oxygens (including phenoxy) is 1. The summed E-state index contributed by atoms with van der Waals surface area (Å²) >= 11 is 0. The number of fused-ring (bicyclic) bond motifs is 6. The fourth-order valence-electron chi connectivity index (χ4n) is 8.06. The van der Waals surface area contributed by atoms with Crippen molar-refractivity contribution in [1.82, 2.24) is 30.0 Å². The summed E-state index contributed by atoms with van der Waals surface area (Å²) in [6.45, 7) is 6.17. The third-order valence-corrected chi connectivity index (χ3v) is 10.2. The molecule has 2 aromatic carbocycles. The molecule has 7 heterocycles. The van der Waals surface area contributed by atoms with Gasteiger partial charge in [0.1, 0.15) is 29.5 Å². The quantitative estimate of drug-likeness (QED) is 0.350. The molecule has 9 rings (SSSR count). The minimum Gasteiger partial charge on any atom is -0.508 e. The van der Waals surface area contributed by atoms with Crippen LogP contribution in [-0.4, -0.2) is 80.2 Å². The molecule has 5 aliphatic heterocycles. The van der Waals surface area contributed by atoms with E-state index in [1.165, 1.54) is 16.8 Å². The van der Waals surface area contributed by atoms with Crippen LogP contribution in [0.15, 0.2) is 35.3 Å². The van der Waals surface area contributed by atoms with E-state index in [0.717, 1.165) is 64.7 Å². The molecule has 0 spiro atoms. The number of aryl methyl sites for hydroxylation is 1. The molecule has 0 radical (unpaired) electrons. The van der Waals surface area contributed by atoms with E-state index in [1.54, 1.807) is 18.3 Å². The van der Waals surface area contributed by atoms with Gasteiger partial charge in [-0.05, 0) is 81.1 Å². The Morgan fingerprint density at radius 2 is 2.00 bits per heavy atom. The average Bonchev–Trinajstić information content (AvgIpc) is 3.61. The van der Waals surface area contributed by atoms with Crippen LogP contribution in [-0.2, 0) is 6.42 Å². The van der Waals surface area contributed by atoms with E-state index in [4.69, 9.17) is 14.7 Å². The van der Waals surface area contributed by atoms with Gasteiger partial charge in [0.2, 0.25) is 0 Å². The Bertz CT molecular complexity index is 1790. The second kappa shape index (κ2) is 10.1. The number of piperidine rings is 2. The van der Waals surface area contributed by atoms with E-state index >= 15 is 0 Å². The van der Waals surface area contributed by atoms with Crippen LogP contribution in [0.4, 0.5) is 10.2 Å². The normalized spacial score (nSPS) is 23.0. The molecule has 2 unspecified atom stereocenters. The highest BCUT2D eigenvalue weighted by Gasteiger charge is 2.45. The van der Waals surface area contributed by atoms with Crippen molar-refractivity contribution < 1.29 is 14.2 Å². The maximum atomic E-state index is 14.9. The average molecular weight is 586 g/mol. The maximum Gasteiger partial charge on any atom is 0.319 e. The van der Waals surface area contributed by atoms with E-state index in [9.17, 15) is 14.3 Å². The Labute approximate surface area is 248 Å². The number of hydrogen-bond acceptors (Lipinski definition) is 9. The highest BCUT2D eigenvalue weighted by Crippen LogP contribution is 2.40. The number of benzene rings is 2. The van der Waals surface area contributed by atoms with Crippen LogP contribution < -0.4 is 20.5 Å². The number of hydrogen-bond donors (Lipinski definition) is 2. The zero-order valence-electron chi connectivity index (χ0n) is 24.4. The van der Waals surface area contributed by atoms with Gasteiger partial charge in [-0.15, -0.1) is 0 Å². The van der Waals surface area contributed by atoms with Crippen molar-refractivity contribution in [2.75, 3.05) is 37.7 Å². The summed E-state index contributed by atoms with van der Waals surface area (Å²) in [6.07, 6.45) is 8.69. The SMILES string of the molecule is CCc1c(F)ccc2cc(O)cc(-n3ncc4c(N5CC6CCC5CN6)nc(OCC56CCCN5CCC6)nc4c3=O)c12. The minimum atomic E-state index is -0.467. The van der Waals surface area contributed by atoms with Crippen LogP contribution in [0, 0.1) is 5.82 Å². The standard InChI is InChI=1S/C32H36FN7O3/c1-2-23-25(33)8-5-19-13-22(41)14-26(27(19)23)40-30(42)28-24(16-35-40)29(39-17-20-6-7-21(39)15-34-20)37-31(36-28)43-18-32-9-3-11-38(32)12-4-10-32/h5,8,13-14,16,20-21,34,41H,2-4,6-7,9-12,15,17-18H2,1H3. The molecule has 2 aromatic heterocycles. The number of nitrogens with zero attached hydrogens (tertiary/aromatic N) is 6. The molecular formula is C32H36FN7O3. The maximum absolute atomic E-state index is 14.9. The number of piperazine rings is 1.